The predicted molar refractivity (Wildman–Crippen MR) is 90.4 cm³/mol. The molecule has 2 aromatic heterocycles. The van der Waals surface area contributed by atoms with Crippen molar-refractivity contribution in [1.82, 2.24) is 19.6 Å². The van der Waals surface area contributed by atoms with Crippen LogP contribution in [0, 0.1) is 12.7 Å². The van der Waals surface area contributed by atoms with E-state index in [1.807, 2.05) is 0 Å². The van der Waals surface area contributed by atoms with E-state index in [0.717, 1.165) is 11.8 Å². The Kier molecular flexibility index (Phi) is 4.81. The monoisotopic (exact) mass is 377 g/mol. The minimum Gasteiger partial charge on any atom is -0.447 e. The van der Waals surface area contributed by atoms with Gasteiger partial charge in [0.25, 0.3) is 17.5 Å². The van der Waals surface area contributed by atoms with Crippen molar-refractivity contribution < 1.29 is 18.7 Å². The van der Waals surface area contributed by atoms with E-state index in [-0.39, 0.29) is 22.3 Å². The molecule has 26 heavy (non-hydrogen) atoms. The van der Waals surface area contributed by atoms with Gasteiger partial charge in [-0.3, -0.25) is 4.79 Å². The summed E-state index contributed by atoms with van der Waals surface area (Å²) in [5.41, 5.74) is 0.651. The number of hydrogen-bond acceptors (Lipinski definition) is 6. The zero-order chi connectivity index (χ0) is 18.8. The van der Waals surface area contributed by atoms with Crippen molar-refractivity contribution in [3.63, 3.8) is 0 Å². The lowest BCUT2D eigenvalue weighted by Crippen LogP contribution is -2.30. The summed E-state index contributed by atoms with van der Waals surface area (Å²) in [4.78, 5) is 32.2. The lowest BCUT2D eigenvalue weighted by molar-refractivity contribution is -0.123. The summed E-state index contributed by atoms with van der Waals surface area (Å²) in [7, 11) is 0. The molecule has 0 bridgehead atoms. The highest BCUT2D eigenvalue weighted by atomic mass is 35.5. The van der Waals surface area contributed by atoms with Gasteiger partial charge in [0, 0.05) is 16.9 Å². The molecule has 1 unspecified atom stereocenters. The van der Waals surface area contributed by atoms with Gasteiger partial charge in [-0.25, -0.2) is 18.7 Å². The Morgan fingerprint density at radius 3 is 2.81 bits per heavy atom. The summed E-state index contributed by atoms with van der Waals surface area (Å²) < 4.78 is 20.1. The normalized spacial score (nSPS) is 12.0. The molecule has 8 nitrogen and oxygen atoms in total. The third-order valence-corrected chi connectivity index (χ3v) is 3.69. The first-order valence-electron chi connectivity index (χ1n) is 7.50. The van der Waals surface area contributed by atoms with E-state index in [1.54, 1.807) is 13.0 Å². The zero-order valence-corrected chi connectivity index (χ0v) is 14.5. The molecule has 3 rings (SSSR count). The van der Waals surface area contributed by atoms with E-state index in [9.17, 15) is 14.0 Å². The highest BCUT2D eigenvalue weighted by Crippen LogP contribution is 2.19. The molecule has 1 atom stereocenters. The Morgan fingerprint density at radius 1 is 1.35 bits per heavy atom. The number of benzene rings is 1. The molecule has 1 amide bonds. The number of nitrogens with one attached hydrogen (secondary N) is 1. The molecule has 3 aromatic rings. The van der Waals surface area contributed by atoms with Crippen molar-refractivity contribution in [2.45, 2.75) is 20.0 Å². The van der Waals surface area contributed by atoms with Crippen LogP contribution < -0.4 is 5.32 Å². The number of hydrogen-bond donors (Lipinski definition) is 1. The maximum absolute atomic E-state index is 13.7. The van der Waals surface area contributed by atoms with E-state index >= 15 is 0 Å². The lowest BCUT2D eigenvalue weighted by atomic mass is 10.3. The first-order valence-corrected chi connectivity index (χ1v) is 7.88. The van der Waals surface area contributed by atoms with Gasteiger partial charge >= 0.3 is 5.97 Å². The molecule has 2 heterocycles. The SMILES string of the molecule is Cc1ccnc2nc(C(=O)OC(C)C(=O)Nc3ccc(Cl)cc3F)nn12. The van der Waals surface area contributed by atoms with Crippen molar-refractivity contribution in [3.05, 3.63) is 52.8 Å². The van der Waals surface area contributed by atoms with Crippen LogP contribution in [-0.4, -0.2) is 37.6 Å². The number of anilines is 1. The number of carbonyl (C=O) groups excluding carboxylic acids is 2. The number of halogens is 2. The fraction of sp³-hybridized carbons (Fsp3) is 0.188. The molecule has 1 N–H and O–H groups in total. The van der Waals surface area contributed by atoms with Crippen LogP contribution in [0.3, 0.4) is 0 Å². The van der Waals surface area contributed by atoms with Crippen LogP contribution in [-0.2, 0) is 9.53 Å². The van der Waals surface area contributed by atoms with E-state index in [0.29, 0.717) is 0 Å². The molecule has 0 aliphatic carbocycles. The second-order valence-corrected chi connectivity index (χ2v) is 5.83. The van der Waals surface area contributed by atoms with Gasteiger partial charge in [-0.15, -0.1) is 5.10 Å². The van der Waals surface area contributed by atoms with Crippen LogP contribution in [0.5, 0.6) is 0 Å². The number of carbonyl (C=O) groups is 2. The van der Waals surface area contributed by atoms with E-state index in [1.165, 1.54) is 29.8 Å². The molecule has 0 radical (unpaired) electrons. The fourth-order valence-corrected chi connectivity index (χ4v) is 2.24. The number of nitrogens with zero attached hydrogens (tertiary/aromatic N) is 4. The lowest BCUT2D eigenvalue weighted by Gasteiger charge is -2.13. The first kappa shape index (κ1) is 17.7. The number of aryl methyl sites for hydroxylation is 1. The molecule has 0 saturated carbocycles. The van der Waals surface area contributed by atoms with Crippen LogP contribution in [0.1, 0.15) is 23.2 Å². The maximum Gasteiger partial charge on any atom is 0.379 e. The van der Waals surface area contributed by atoms with Crippen molar-refractivity contribution in [1.29, 1.82) is 0 Å². The summed E-state index contributed by atoms with van der Waals surface area (Å²) >= 11 is 5.65. The fourth-order valence-electron chi connectivity index (χ4n) is 2.08. The average molecular weight is 378 g/mol. The van der Waals surface area contributed by atoms with Crippen molar-refractivity contribution in [2.75, 3.05) is 5.32 Å². The Bertz CT molecular complexity index is 1010. The van der Waals surface area contributed by atoms with Crippen LogP contribution in [0.15, 0.2) is 30.5 Å². The molecule has 0 fully saturated rings. The molecule has 0 saturated heterocycles. The molecule has 1 aromatic carbocycles. The van der Waals surface area contributed by atoms with Gasteiger partial charge in [-0.05, 0) is 38.1 Å². The Morgan fingerprint density at radius 2 is 2.12 bits per heavy atom. The minimum absolute atomic E-state index is 0.0759. The Hall–Kier alpha value is -3.07. The van der Waals surface area contributed by atoms with E-state index in [2.05, 4.69) is 20.4 Å². The van der Waals surface area contributed by atoms with Gasteiger partial charge < -0.3 is 10.1 Å². The quantitative estimate of drug-likeness (QED) is 0.701. The molecule has 0 aliphatic heterocycles. The van der Waals surface area contributed by atoms with Crippen molar-refractivity contribution in [3.8, 4) is 0 Å². The summed E-state index contributed by atoms with van der Waals surface area (Å²) in [5, 5.41) is 6.51. The second kappa shape index (κ2) is 7.04. The van der Waals surface area contributed by atoms with Crippen LogP contribution >= 0.6 is 11.6 Å². The first-order chi connectivity index (χ1) is 12.3. The molecule has 134 valence electrons. The summed E-state index contributed by atoms with van der Waals surface area (Å²) in [6, 6.07) is 5.49. The van der Waals surface area contributed by atoms with Gasteiger partial charge in [0.1, 0.15) is 5.82 Å². The Balaban J connectivity index is 1.69. The summed E-state index contributed by atoms with van der Waals surface area (Å²) in [6.45, 7) is 3.12. The van der Waals surface area contributed by atoms with Crippen LogP contribution in [0.4, 0.5) is 10.1 Å². The Labute approximate surface area is 152 Å². The van der Waals surface area contributed by atoms with Crippen molar-refractivity contribution in [2.24, 2.45) is 0 Å². The summed E-state index contributed by atoms with van der Waals surface area (Å²) in [6.07, 6.45) is 0.337. The predicted octanol–water partition coefficient (Wildman–Crippen LogP) is 2.41. The largest absolute Gasteiger partial charge is 0.447 e. The highest BCUT2D eigenvalue weighted by Gasteiger charge is 2.23. The summed E-state index contributed by atoms with van der Waals surface area (Å²) in [5.74, 6) is -2.30. The average Bonchev–Trinajstić information content (AvgIpc) is 3.03. The standard InChI is InChI=1S/C16H13ClFN5O3/c1-8-5-6-19-16-21-13(22-23(8)16)15(25)26-9(2)14(24)20-12-4-3-10(17)7-11(12)18/h3-7,9H,1-2H3,(H,20,24). The van der Waals surface area contributed by atoms with Gasteiger partial charge in [0.05, 0.1) is 5.69 Å². The molecule has 0 aliphatic rings. The second-order valence-electron chi connectivity index (χ2n) is 5.39. The molecule has 10 heteroatoms. The third kappa shape index (κ3) is 3.62. The van der Waals surface area contributed by atoms with Gasteiger partial charge in [-0.2, -0.15) is 4.98 Å². The zero-order valence-electron chi connectivity index (χ0n) is 13.7. The van der Waals surface area contributed by atoms with Crippen molar-refractivity contribution >= 4 is 34.9 Å². The number of esters is 1. The number of ether oxygens (including phenoxy) is 1. The van der Waals surface area contributed by atoms with Gasteiger partial charge in [0.15, 0.2) is 6.10 Å². The molecular formula is C16H13ClFN5O3. The number of fused-ring (bicyclic) bond motifs is 1. The number of aromatic nitrogens is 4. The minimum atomic E-state index is -1.20. The van der Waals surface area contributed by atoms with Crippen LogP contribution in [0.25, 0.3) is 5.78 Å². The molecular weight excluding hydrogens is 365 g/mol. The van der Waals surface area contributed by atoms with E-state index < -0.39 is 23.8 Å². The van der Waals surface area contributed by atoms with Gasteiger partial charge in [0.2, 0.25) is 0 Å². The number of rotatable bonds is 4. The highest BCUT2D eigenvalue weighted by molar-refractivity contribution is 6.30. The number of amides is 1. The van der Waals surface area contributed by atoms with Crippen LogP contribution in [0.2, 0.25) is 5.02 Å². The topological polar surface area (TPSA) is 98.5 Å². The third-order valence-electron chi connectivity index (χ3n) is 3.45. The maximum atomic E-state index is 13.7. The van der Waals surface area contributed by atoms with E-state index in [4.69, 9.17) is 16.3 Å². The smallest absolute Gasteiger partial charge is 0.379 e. The van der Waals surface area contributed by atoms with Gasteiger partial charge in [-0.1, -0.05) is 11.6 Å². The molecule has 0 spiro atoms.